The van der Waals surface area contributed by atoms with Crippen molar-refractivity contribution >= 4 is 10.0 Å². The van der Waals surface area contributed by atoms with Crippen molar-refractivity contribution in [1.82, 2.24) is 4.31 Å². The molecule has 0 atom stereocenters. The van der Waals surface area contributed by atoms with E-state index in [-0.39, 0.29) is 0 Å². The average molecular weight is 149 g/mol. The van der Waals surface area contributed by atoms with Crippen LogP contribution in [0.5, 0.6) is 0 Å². The van der Waals surface area contributed by atoms with Gasteiger partial charge in [0.1, 0.15) is 0 Å². The third kappa shape index (κ3) is 2.15. The Hall–Kier alpha value is -0.350. The maximum absolute atomic E-state index is 10.7. The highest BCUT2D eigenvalue weighted by atomic mass is 32.2. The van der Waals surface area contributed by atoms with Crippen LogP contribution in [0.2, 0.25) is 0 Å². The minimum atomic E-state index is -3.15. The van der Waals surface area contributed by atoms with Gasteiger partial charge in [-0.1, -0.05) is 13.5 Å². The second kappa shape index (κ2) is 2.98. The number of sulfonamides is 1. The summed E-state index contributed by atoms with van der Waals surface area (Å²) in [6.07, 6.45) is 0. The molecule has 0 N–H and O–H groups in total. The van der Waals surface area contributed by atoms with Crippen molar-refractivity contribution in [2.24, 2.45) is 0 Å². The molecule has 0 saturated heterocycles. The Morgan fingerprint density at radius 2 is 2.11 bits per heavy atom. The number of hydrogen-bond donors (Lipinski definition) is 0. The standard InChI is InChI=1S/C5H11NO2S/c1-4-6(3)9(7,8)5-2/h5H,2,4H2,1,3H3. The smallest absolute Gasteiger partial charge is 0.208 e. The minimum Gasteiger partial charge on any atom is -0.208 e. The Balaban J connectivity index is 4.35. The lowest BCUT2D eigenvalue weighted by Gasteiger charge is -2.09. The molecule has 0 amide bonds. The molecule has 0 unspecified atom stereocenters. The van der Waals surface area contributed by atoms with Gasteiger partial charge in [-0.25, -0.2) is 12.7 Å². The van der Waals surface area contributed by atoms with Gasteiger partial charge in [-0.2, -0.15) is 0 Å². The fraction of sp³-hybridized carbons (Fsp3) is 0.600. The normalized spacial score (nSPS) is 11.9. The second-order valence-electron chi connectivity index (χ2n) is 1.63. The van der Waals surface area contributed by atoms with Gasteiger partial charge in [-0.05, 0) is 0 Å². The van der Waals surface area contributed by atoms with Crippen LogP contribution in [0, 0.1) is 0 Å². The first kappa shape index (κ1) is 8.65. The Kier molecular flexibility index (Phi) is 2.87. The molecule has 0 fully saturated rings. The molecule has 4 heteroatoms. The monoisotopic (exact) mass is 149 g/mol. The third-order valence-electron chi connectivity index (χ3n) is 1.09. The van der Waals surface area contributed by atoms with Crippen LogP contribution in [0.25, 0.3) is 0 Å². The molecule has 3 nitrogen and oxygen atoms in total. The average Bonchev–Trinajstić information content (AvgIpc) is 1.86. The van der Waals surface area contributed by atoms with Crippen LogP contribution in [0.4, 0.5) is 0 Å². The Labute approximate surface area is 56.0 Å². The third-order valence-corrected chi connectivity index (χ3v) is 2.64. The molecule has 0 heterocycles. The molecular formula is C5H11NO2S. The zero-order valence-corrected chi connectivity index (χ0v) is 6.48. The summed E-state index contributed by atoms with van der Waals surface area (Å²) in [7, 11) is -1.64. The quantitative estimate of drug-likeness (QED) is 0.583. The van der Waals surface area contributed by atoms with Gasteiger partial charge in [0, 0.05) is 19.0 Å². The molecule has 0 aliphatic rings. The largest absolute Gasteiger partial charge is 0.235 e. The highest BCUT2D eigenvalue weighted by Gasteiger charge is 2.08. The Morgan fingerprint density at radius 1 is 1.67 bits per heavy atom. The number of hydrogen-bond acceptors (Lipinski definition) is 2. The van der Waals surface area contributed by atoms with E-state index in [2.05, 4.69) is 6.58 Å². The van der Waals surface area contributed by atoms with E-state index in [1.54, 1.807) is 6.92 Å². The van der Waals surface area contributed by atoms with Crippen LogP contribution in [-0.4, -0.2) is 26.3 Å². The lowest BCUT2D eigenvalue weighted by Crippen LogP contribution is -2.23. The fourth-order valence-electron chi connectivity index (χ4n) is 0.307. The molecule has 0 radical (unpaired) electrons. The van der Waals surface area contributed by atoms with E-state index >= 15 is 0 Å². The van der Waals surface area contributed by atoms with Crippen molar-refractivity contribution < 1.29 is 8.42 Å². The second-order valence-corrected chi connectivity index (χ2v) is 3.61. The molecule has 0 aliphatic carbocycles. The van der Waals surface area contributed by atoms with Gasteiger partial charge < -0.3 is 0 Å². The van der Waals surface area contributed by atoms with E-state index in [9.17, 15) is 8.42 Å². The molecule has 0 aromatic rings. The molecule has 0 rings (SSSR count). The predicted molar refractivity (Wildman–Crippen MR) is 37.4 cm³/mol. The molecule has 0 bridgehead atoms. The van der Waals surface area contributed by atoms with E-state index in [1.807, 2.05) is 0 Å². The maximum Gasteiger partial charge on any atom is 0.235 e. The van der Waals surface area contributed by atoms with Crippen molar-refractivity contribution in [1.29, 1.82) is 0 Å². The van der Waals surface area contributed by atoms with Crippen molar-refractivity contribution in [2.75, 3.05) is 13.6 Å². The fourth-order valence-corrected chi connectivity index (χ4v) is 0.922. The zero-order valence-electron chi connectivity index (χ0n) is 5.66. The lowest BCUT2D eigenvalue weighted by atomic mass is 10.8. The summed E-state index contributed by atoms with van der Waals surface area (Å²) in [6.45, 7) is 5.42. The summed E-state index contributed by atoms with van der Waals surface area (Å²) in [6, 6.07) is 0. The van der Waals surface area contributed by atoms with Gasteiger partial charge >= 0.3 is 0 Å². The van der Waals surface area contributed by atoms with Crippen LogP contribution >= 0.6 is 0 Å². The van der Waals surface area contributed by atoms with Gasteiger partial charge in [0.25, 0.3) is 0 Å². The predicted octanol–water partition coefficient (Wildman–Crippen LogP) is 0.411. The van der Waals surface area contributed by atoms with E-state index in [0.717, 1.165) is 5.41 Å². The minimum absolute atomic E-state index is 0.481. The summed E-state index contributed by atoms with van der Waals surface area (Å²) in [5.41, 5.74) is 0. The molecule has 0 aromatic heterocycles. The summed E-state index contributed by atoms with van der Waals surface area (Å²) in [5.74, 6) is 0. The van der Waals surface area contributed by atoms with E-state index in [1.165, 1.54) is 11.4 Å². The summed E-state index contributed by atoms with van der Waals surface area (Å²) >= 11 is 0. The van der Waals surface area contributed by atoms with Crippen molar-refractivity contribution in [2.45, 2.75) is 6.92 Å². The number of rotatable bonds is 3. The summed E-state index contributed by atoms with van der Waals surface area (Å²) in [5, 5.41) is 0.941. The van der Waals surface area contributed by atoms with E-state index in [0.29, 0.717) is 6.54 Å². The highest BCUT2D eigenvalue weighted by molar-refractivity contribution is 7.91. The Bertz CT molecular complexity index is 183. The highest BCUT2D eigenvalue weighted by Crippen LogP contribution is 1.95. The van der Waals surface area contributed by atoms with Gasteiger partial charge in [0.2, 0.25) is 10.0 Å². The van der Waals surface area contributed by atoms with Crippen LogP contribution in [-0.2, 0) is 10.0 Å². The molecule has 54 valence electrons. The molecule has 9 heavy (non-hydrogen) atoms. The van der Waals surface area contributed by atoms with Gasteiger partial charge in [0.15, 0.2) is 0 Å². The van der Waals surface area contributed by atoms with E-state index in [4.69, 9.17) is 0 Å². The molecular weight excluding hydrogens is 138 g/mol. The topological polar surface area (TPSA) is 37.4 Å². The zero-order chi connectivity index (χ0) is 7.49. The summed E-state index contributed by atoms with van der Waals surface area (Å²) in [4.78, 5) is 0. The van der Waals surface area contributed by atoms with Crippen LogP contribution < -0.4 is 0 Å². The lowest BCUT2D eigenvalue weighted by molar-refractivity contribution is 0.495. The maximum atomic E-state index is 10.7. The number of nitrogens with zero attached hydrogens (tertiary/aromatic N) is 1. The van der Waals surface area contributed by atoms with Crippen molar-refractivity contribution in [3.63, 3.8) is 0 Å². The SMILES string of the molecule is C=CS(=O)(=O)N(C)CC. The first-order valence-electron chi connectivity index (χ1n) is 2.63. The first-order chi connectivity index (χ1) is 4.04. The molecule has 0 aromatic carbocycles. The first-order valence-corrected chi connectivity index (χ1v) is 4.13. The van der Waals surface area contributed by atoms with Crippen molar-refractivity contribution in [3.05, 3.63) is 12.0 Å². The van der Waals surface area contributed by atoms with Crippen LogP contribution in [0.1, 0.15) is 6.92 Å². The Morgan fingerprint density at radius 3 is 2.22 bits per heavy atom. The van der Waals surface area contributed by atoms with Gasteiger partial charge in [0.05, 0.1) is 0 Å². The van der Waals surface area contributed by atoms with Gasteiger partial charge in [-0.3, -0.25) is 0 Å². The molecule has 0 spiro atoms. The summed E-state index contributed by atoms with van der Waals surface area (Å²) < 4.78 is 22.7. The van der Waals surface area contributed by atoms with Gasteiger partial charge in [-0.15, -0.1) is 0 Å². The molecule has 0 aliphatic heterocycles. The van der Waals surface area contributed by atoms with Crippen LogP contribution in [0.15, 0.2) is 12.0 Å². The van der Waals surface area contributed by atoms with Crippen molar-refractivity contribution in [3.8, 4) is 0 Å². The van der Waals surface area contributed by atoms with Crippen LogP contribution in [0.3, 0.4) is 0 Å². The van der Waals surface area contributed by atoms with E-state index < -0.39 is 10.0 Å². The molecule has 0 saturated carbocycles.